The molecule has 0 aliphatic heterocycles. The smallest absolute Gasteiger partial charge is 0.417 e. The summed E-state index contributed by atoms with van der Waals surface area (Å²) in [5.41, 5.74) is -1.40. The minimum absolute atomic E-state index is 0.582. The SMILES string of the molecule is COCC(C(=O)O)S(=O)(=O)c1ccccc1C(F)(F)F. The second kappa shape index (κ2) is 5.80. The van der Waals surface area contributed by atoms with Gasteiger partial charge >= 0.3 is 12.1 Å². The van der Waals surface area contributed by atoms with E-state index in [9.17, 15) is 26.4 Å². The number of methoxy groups -OCH3 is 1. The van der Waals surface area contributed by atoms with Crippen molar-refractivity contribution in [1.82, 2.24) is 0 Å². The molecule has 0 spiro atoms. The molecule has 0 amide bonds. The first-order valence-corrected chi connectivity index (χ1v) is 6.79. The third-order valence-corrected chi connectivity index (χ3v) is 4.52. The summed E-state index contributed by atoms with van der Waals surface area (Å²) in [6.07, 6.45) is -4.90. The third-order valence-electron chi connectivity index (χ3n) is 2.47. The largest absolute Gasteiger partial charge is 0.480 e. The van der Waals surface area contributed by atoms with Crippen molar-refractivity contribution < 1.29 is 36.2 Å². The average molecular weight is 312 g/mol. The van der Waals surface area contributed by atoms with E-state index in [1.165, 1.54) is 0 Å². The van der Waals surface area contributed by atoms with Gasteiger partial charge in [0.25, 0.3) is 0 Å². The molecule has 0 aliphatic carbocycles. The Balaban J connectivity index is 3.46. The predicted octanol–water partition coefficient (Wildman–Crippen LogP) is 1.58. The number of carbonyl (C=O) groups is 1. The highest BCUT2D eigenvalue weighted by Crippen LogP contribution is 2.35. The van der Waals surface area contributed by atoms with Crippen LogP contribution in [0.25, 0.3) is 0 Å². The van der Waals surface area contributed by atoms with Crippen molar-refractivity contribution >= 4 is 15.8 Å². The Hall–Kier alpha value is -1.61. The van der Waals surface area contributed by atoms with Gasteiger partial charge in [0.1, 0.15) is 0 Å². The molecule has 0 heterocycles. The lowest BCUT2D eigenvalue weighted by molar-refractivity contribution is -0.140. The van der Waals surface area contributed by atoms with Crippen LogP contribution in [0.2, 0.25) is 0 Å². The van der Waals surface area contributed by atoms with Crippen LogP contribution in [0.5, 0.6) is 0 Å². The monoisotopic (exact) mass is 312 g/mol. The zero-order chi connectivity index (χ0) is 15.6. The van der Waals surface area contributed by atoms with Crippen LogP contribution in [-0.4, -0.2) is 38.5 Å². The van der Waals surface area contributed by atoms with E-state index < -0.39 is 44.3 Å². The molecule has 1 aromatic rings. The number of carboxylic acids is 1. The van der Waals surface area contributed by atoms with E-state index in [1.54, 1.807) is 0 Å². The van der Waals surface area contributed by atoms with Gasteiger partial charge in [-0.15, -0.1) is 0 Å². The predicted molar refractivity (Wildman–Crippen MR) is 61.9 cm³/mol. The van der Waals surface area contributed by atoms with E-state index in [4.69, 9.17) is 5.11 Å². The molecule has 0 aromatic heterocycles. The summed E-state index contributed by atoms with van der Waals surface area (Å²) in [6.45, 7) is -0.746. The Morgan fingerprint density at radius 2 is 1.90 bits per heavy atom. The number of alkyl halides is 3. The number of aliphatic carboxylic acids is 1. The molecule has 112 valence electrons. The van der Waals surface area contributed by atoms with Crippen LogP contribution in [0.3, 0.4) is 0 Å². The molecule has 9 heteroatoms. The topological polar surface area (TPSA) is 80.7 Å². The summed E-state index contributed by atoms with van der Waals surface area (Å²) >= 11 is 0. The molecule has 20 heavy (non-hydrogen) atoms. The van der Waals surface area contributed by atoms with Gasteiger partial charge in [-0.2, -0.15) is 13.2 Å². The summed E-state index contributed by atoms with van der Waals surface area (Å²) in [6, 6.07) is 3.42. The van der Waals surface area contributed by atoms with Crippen LogP contribution in [0, 0.1) is 0 Å². The Morgan fingerprint density at radius 1 is 1.35 bits per heavy atom. The quantitative estimate of drug-likeness (QED) is 0.893. The lowest BCUT2D eigenvalue weighted by Crippen LogP contribution is -2.35. The third kappa shape index (κ3) is 3.28. The second-order valence-corrected chi connectivity index (χ2v) is 5.92. The molecule has 0 bridgehead atoms. The van der Waals surface area contributed by atoms with Gasteiger partial charge in [0.05, 0.1) is 17.1 Å². The average Bonchev–Trinajstić information content (AvgIpc) is 2.34. The lowest BCUT2D eigenvalue weighted by Gasteiger charge is -2.17. The molecule has 0 saturated carbocycles. The molecule has 0 fully saturated rings. The van der Waals surface area contributed by atoms with E-state index in [2.05, 4.69) is 4.74 Å². The van der Waals surface area contributed by atoms with Gasteiger partial charge in [0.2, 0.25) is 0 Å². The number of hydrogen-bond donors (Lipinski definition) is 1. The van der Waals surface area contributed by atoms with Gasteiger partial charge in [-0.3, -0.25) is 4.79 Å². The maximum Gasteiger partial charge on any atom is 0.417 e. The van der Waals surface area contributed by atoms with Crippen molar-refractivity contribution in [2.24, 2.45) is 0 Å². The zero-order valence-corrected chi connectivity index (χ0v) is 11.0. The molecule has 0 aliphatic rings. The van der Waals surface area contributed by atoms with Crippen LogP contribution in [0.4, 0.5) is 13.2 Å². The number of sulfone groups is 1. The molecular weight excluding hydrogens is 301 g/mol. The van der Waals surface area contributed by atoms with Gasteiger partial charge in [-0.25, -0.2) is 8.42 Å². The van der Waals surface area contributed by atoms with Gasteiger partial charge in [-0.05, 0) is 12.1 Å². The fourth-order valence-corrected chi connectivity index (χ4v) is 3.19. The van der Waals surface area contributed by atoms with Crippen molar-refractivity contribution in [3.05, 3.63) is 29.8 Å². The van der Waals surface area contributed by atoms with E-state index in [0.717, 1.165) is 25.3 Å². The minimum Gasteiger partial charge on any atom is -0.480 e. The fourth-order valence-electron chi connectivity index (χ4n) is 1.55. The van der Waals surface area contributed by atoms with Crippen molar-refractivity contribution in [1.29, 1.82) is 0 Å². The van der Waals surface area contributed by atoms with Gasteiger partial charge in [0.15, 0.2) is 15.1 Å². The van der Waals surface area contributed by atoms with Crippen molar-refractivity contribution in [3.8, 4) is 0 Å². The number of rotatable bonds is 5. The second-order valence-electron chi connectivity index (χ2n) is 3.82. The normalized spacial score (nSPS) is 14.0. The highest BCUT2D eigenvalue weighted by atomic mass is 32.2. The summed E-state index contributed by atoms with van der Waals surface area (Å²) in [7, 11) is -3.66. The summed E-state index contributed by atoms with van der Waals surface area (Å²) < 4.78 is 67.0. The molecule has 1 N–H and O–H groups in total. The molecule has 1 atom stereocenters. The first-order chi connectivity index (χ1) is 9.12. The number of ether oxygens (including phenoxy) is 1. The zero-order valence-electron chi connectivity index (χ0n) is 10.2. The van der Waals surface area contributed by atoms with E-state index in [-0.39, 0.29) is 0 Å². The van der Waals surface area contributed by atoms with Gasteiger partial charge < -0.3 is 9.84 Å². The standard InChI is InChI=1S/C11H11F3O5S/c1-19-6-9(10(15)16)20(17,18)8-5-3-2-4-7(8)11(12,13)14/h2-5,9H,6H2,1H3,(H,15,16). The summed E-state index contributed by atoms with van der Waals surface area (Å²) in [4.78, 5) is 9.86. The molecule has 1 unspecified atom stereocenters. The molecule has 1 aromatic carbocycles. The number of hydrogen-bond acceptors (Lipinski definition) is 4. The molecule has 0 radical (unpaired) electrons. The number of halogens is 3. The number of benzene rings is 1. The van der Waals surface area contributed by atoms with E-state index in [1.807, 2.05) is 0 Å². The highest BCUT2D eigenvalue weighted by Gasteiger charge is 2.41. The molecule has 5 nitrogen and oxygen atoms in total. The van der Waals surface area contributed by atoms with Crippen molar-refractivity contribution in [2.75, 3.05) is 13.7 Å². The van der Waals surface area contributed by atoms with E-state index >= 15 is 0 Å². The molecule has 1 rings (SSSR count). The Labute approximate surface area is 112 Å². The minimum atomic E-state index is -4.90. The maximum atomic E-state index is 12.8. The number of carboxylic acid groups (broad SMARTS) is 1. The summed E-state index contributed by atoms with van der Waals surface area (Å²) in [5.74, 6) is -1.77. The van der Waals surface area contributed by atoms with Crippen LogP contribution >= 0.6 is 0 Å². The lowest BCUT2D eigenvalue weighted by atomic mass is 10.2. The van der Waals surface area contributed by atoms with Gasteiger partial charge in [-0.1, -0.05) is 12.1 Å². The van der Waals surface area contributed by atoms with E-state index in [0.29, 0.717) is 6.07 Å². The Bertz CT molecular complexity index is 594. The highest BCUT2D eigenvalue weighted by molar-refractivity contribution is 7.92. The first-order valence-electron chi connectivity index (χ1n) is 5.24. The molecule has 0 saturated heterocycles. The first kappa shape index (κ1) is 16.4. The van der Waals surface area contributed by atoms with Crippen LogP contribution < -0.4 is 0 Å². The van der Waals surface area contributed by atoms with Crippen LogP contribution in [-0.2, 0) is 25.5 Å². The van der Waals surface area contributed by atoms with Gasteiger partial charge in [0, 0.05) is 7.11 Å². The summed E-state index contributed by atoms with van der Waals surface area (Å²) in [5, 5.41) is 6.75. The Morgan fingerprint density at radius 3 is 2.35 bits per heavy atom. The maximum absolute atomic E-state index is 12.8. The fraction of sp³-hybridized carbons (Fsp3) is 0.364. The van der Waals surface area contributed by atoms with Crippen LogP contribution in [0.1, 0.15) is 5.56 Å². The van der Waals surface area contributed by atoms with Crippen molar-refractivity contribution in [2.45, 2.75) is 16.3 Å². The Kier molecular flexibility index (Phi) is 4.77. The molecular formula is C11H11F3O5S. The van der Waals surface area contributed by atoms with Crippen molar-refractivity contribution in [3.63, 3.8) is 0 Å². The van der Waals surface area contributed by atoms with Crippen LogP contribution in [0.15, 0.2) is 29.2 Å².